The lowest BCUT2D eigenvalue weighted by Gasteiger charge is -1.94. The van der Waals surface area contributed by atoms with Gasteiger partial charge in [0, 0.05) is 0 Å². The van der Waals surface area contributed by atoms with Crippen LogP contribution in [-0.4, -0.2) is 22.2 Å². The van der Waals surface area contributed by atoms with Crippen molar-refractivity contribution in [3.05, 3.63) is 12.3 Å². The molecule has 46 valence electrons. The number of aliphatic hydroxyl groups is 2. The summed E-state index contributed by atoms with van der Waals surface area (Å²) in [5, 5.41) is 16.3. The SMILES string of the molecule is NC(=O)C(O)C=CO. The number of carbonyl (C=O) groups excluding carboxylic acids is 1. The van der Waals surface area contributed by atoms with Crippen molar-refractivity contribution in [2.45, 2.75) is 6.10 Å². The fourth-order valence-electron chi connectivity index (χ4n) is 0.176. The zero-order valence-electron chi connectivity index (χ0n) is 4.11. The number of aliphatic hydroxyl groups excluding tert-OH is 2. The van der Waals surface area contributed by atoms with Crippen molar-refractivity contribution in [1.29, 1.82) is 0 Å². The van der Waals surface area contributed by atoms with Crippen molar-refractivity contribution >= 4 is 5.91 Å². The molecule has 4 nitrogen and oxygen atoms in total. The van der Waals surface area contributed by atoms with Crippen LogP contribution in [0.5, 0.6) is 0 Å². The minimum absolute atomic E-state index is 0.565. The van der Waals surface area contributed by atoms with E-state index in [4.69, 9.17) is 10.2 Å². The highest BCUT2D eigenvalue weighted by Gasteiger charge is 2.03. The van der Waals surface area contributed by atoms with Crippen LogP contribution in [0.2, 0.25) is 0 Å². The van der Waals surface area contributed by atoms with Crippen LogP contribution in [-0.2, 0) is 4.79 Å². The molecule has 4 heteroatoms. The first-order chi connectivity index (χ1) is 3.68. The van der Waals surface area contributed by atoms with Crippen LogP contribution in [0.4, 0.5) is 0 Å². The summed E-state index contributed by atoms with van der Waals surface area (Å²) in [7, 11) is 0. The van der Waals surface area contributed by atoms with Crippen molar-refractivity contribution in [3.8, 4) is 0 Å². The fraction of sp³-hybridized carbons (Fsp3) is 0.250. The van der Waals surface area contributed by atoms with Crippen molar-refractivity contribution in [1.82, 2.24) is 0 Å². The Bertz CT molecular complexity index is 110. The Morgan fingerprint density at radius 2 is 2.25 bits per heavy atom. The quantitative estimate of drug-likeness (QED) is 0.401. The van der Waals surface area contributed by atoms with Gasteiger partial charge in [0.1, 0.15) is 0 Å². The van der Waals surface area contributed by atoms with Crippen LogP contribution >= 0.6 is 0 Å². The monoisotopic (exact) mass is 117 g/mol. The van der Waals surface area contributed by atoms with Crippen LogP contribution in [0.15, 0.2) is 12.3 Å². The molecule has 0 aromatic carbocycles. The predicted molar refractivity (Wildman–Crippen MR) is 27.0 cm³/mol. The Hall–Kier alpha value is -1.03. The highest BCUT2D eigenvalue weighted by molar-refractivity contribution is 5.80. The van der Waals surface area contributed by atoms with Gasteiger partial charge in [0.15, 0.2) is 6.10 Å². The van der Waals surface area contributed by atoms with Crippen molar-refractivity contribution < 1.29 is 15.0 Å². The molecule has 0 aliphatic heterocycles. The van der Waals surface area contributed by atoms with Crippen LogP contribution < -0.4 is 5.73 Å². The van der Waals surface area contributed by atoms with E-state index < -0.39 is 12.0 Å². The van der Waals surface area contributed by atoms with Gasteiger partial charge in [-0.2, -0.15) is 0 Å². The molecule has 0 rings (SSSR count). The molecule has 0 radical (unpaired) electrons. The van der Waals surface area contributed by atoms with E-state index >= 15 is 0 Å². The Kier molecular flexibility index (Phi) is 2.64. The molecule has 0 aromatic heterocycles. The van der Waals surface area contributed by atoms with Crippen LogP contribution in [0, 0.1) is 0 Å². The van der Waals surface area contributed by atoms with E-state index in [1.54, 1.807) is 0 Å². The molecule has 0 fully saturated rings. The summed E-state index contributed by atoms with van der Waals surface area (Å²) in [6, 6.07) is 0. The zero-order chi connectivity index (χ0) is 6.57. The maximum Gasteiger partial charge on any atom is 0.250 e. The van der Waals surface area contributed by atoms with E-state index in [0.717, 1.165) is 6.08 Å². The number of primary amides is 1. The summed E-state index contributed by atoms with van der Waals surface area (Å²) >= 11 is 0. The smallest absolute Gasteiger partial charge is 0.250 e. The maximum atomic E-state index is 9.90. The summed E-state index contributed by atoms with van der Waals surface area (Å²) in [6.45, 7) is 0. The van der Waals surface area contributed by atoms with Gasteiger partial charge in [0.25, 0.3) is 0 Å². The Balaban J connectivity index is 3.64. The number of hydrogen-bond donors (Lipinski definition) is 3. The van der Waals surface area contributed by atoms with E-state index in [9.17, 15) is 4.79 Å². The minimum atomic E-state index is -1.37. The third-order valence-corrected chi connectivity index (χ3v) is 0.560. The molecule has 1 amide bonds. The molecule has 8 heavy (non-hydrogen) atoms. The van der Waals surface area contributed by atoms with Crippen LogP contribution in [0.3, 0.4) is 0 Å². The average Bonchev–Trinajstić information content (AvgIpc) is 1.67. The first-order valence-corrected chi connectivity index (χ1v) is 1.96. The average molecular weight is 117 g/mol. The first kappa shape index (κ1) is 6.97. The molecule has 1 atom stereocenters. The Morgan fingerprint density at radius 3 is 2.38 bits per heavy atom. The number of rotatable bonds is 2. The van der Waals surface area contributed by atoms with Crippen LogP contribution in [0.1, 0.15) is 0 Å². The number of amides is 1. The summed E-state index contributed by atoms with van der Waals surface area (Å²) in [5.74, 6) is -0.879. The molecule has 0 spiro atoms. The molecule has 0 aliphatic carbocycles. The molecule has 0 aliphatic rings. The highest BCUT2D eigenvalue weighted by Crippen LogP contribution is 1.80. The van der Waals surface area contributed by atoms with Gasteiger partial charge < -0.3 is 15.9 Å². The lowest BCUT2D eigenvalue weighted by Crippen LogP contribution is -2.25. The number of carbonyl (C=O) groups is 1. The number of hydrogen-bond acceptors (Lipinski definition) is 3. The highest BCUT2D eigenvalue weighted by atomic mass is 16.3. The van der Waals surface area contributed by atoms with Gasteiger partial charge in [-0.3, -0.25) is 4.79 Å². The summed E-state index contributed by atoms with van der Waals surface area (Å²) in [6.07, 6.45) is 0.0672. The van der Waals surface area contributed by atoms with Crippen LogP contribution in [0.25, 0.3) is 0 Å². The third kappa shape index (κ3) is 2.20. The molecule has 0 saturated carbocycles. The van der Waals surface area contributed by atoms with E-state index in [1.165, 1.54) is 0 Å². The molecule has 0 heterocycles. The molecule has 1 unspecified atom stereocenters. The molecular formula is C4H7NO3. The summed E-state index contributed by atoms with van der Waals surface area (Å²) in [4.78, 5) is 9.90. The molecule has 0 aromatic rings. The topological polar surface area (TPSA) is 83.6 Å². The molecular weight excluding hydrogens is 110 g/mol. The second-order valence-electron chi connectivity index (χ2n) is 1.19. The van der Waals surface area contributed by atoms with Gasteiger partial charge in [0.05, 0.1) is 6.26 Å². The summed E-state index contributed by atoms with van der Waals surface area (Å²) < 4.78 is 0. The standard InChI is InChI=1S/C4H7NO3/c5-4(8)3(7)1-2-6/h1-3,6-7H,(H2,5,8). The molecule has 0 saturated heterocycles. The predicted octanol–water partition coefficient (Wildman–Crippen LogP) is -1.10. The normalized spacial score (nSPS) is 14.1. The van der Waals surface area contributed by atoms with Crippen molar-refractivity contribution in [3.63, 3.8) is 0 Å². The van der Waals surface area contributed by atoms with E-state index in [-0.39, 0.29) is 0 Å². The van der Waals surface area contributed by atoms with Gasteiger partial charge in [-0.05, 0) is 6.08 Å². The van der Waals surface area contributed by atoms with Gasteiger partial charge >= 0.3 is 0 Å². The summed E-state index contributed by atoms with van der Waals surface area (Å²) in [5.41, 5.74) is 4.57. The second-order valence-corrected chi connectivity index (χ2v) is 1.19. The molecule has 4 N–H and O–H groups in total. The minimum Gasteiger partial charge on any atom is -0.516 e. The maximum absolute atomic E-state index is 9.90. The zero-order valence-corrected chi connectivity index (χ0v) is 4.11. The largest absolute Gasteiger partial charge is 0.516 e. The lowest BCUT2D eigenvalue weighted by molar-refractivity contribution is -0.123. The second kappa shape index (κ2) is 3.04. The third-order valence-electron chi connectivity index (χ3n) is 0.560. The van der Waals surface area contributed by atoms with Crippen molar-refractivity contribution in [2.75, 3.05) is 0 Å². The number of nitrogens with two attached hydrogens (primary N) is 1. The van der Waals surface area contributed by atoms with Gasteiger partial charge in [-0.25, -0.2) is 0 Å². The van der Waals surface area contributed by atoms with Crippen molar-refractivity contribution in [2.24, 2.45) is 5.73 Å². The Labute approximate surface area is 46.2 Å². The fourth-order valence-corrected chi connectivity index (χ4v) is 0.176. The molecule has 0 bridgehead atoms. The van der Waals surface area contributed by atoms with Gasteiger partial charge in [0.2, 0.25) is 5.91 Å². The van der Waals surface area contributed by atoms with E-state index in [0.29, 0.717) is 6.26 Å². The lowest BCUT2D eigenvalue weighted by atomic mass is 10.3. The first-order valence-electron chi connectivity index (χ1n) is 1.96. The van der Waals surface area contributed by atoms with E-state index in [2.05, 4.69) is 5.73 Å². The Morgan fingerprint density at radius 1 is 1.75 bits per heavy atom. The van der Waals surface area contributed by atoms with Gasteiger partial charge in [-0.15, -0.1) is 0 Å². The van der Waals surface area contributed by atoms with Gasteiger partial charge in [-0.1, -0.05) is 0 Å². The van der Waals surface area contributed by atoms with E-state index in [1.807, 2.05) is 0 Å².